The van der Waals surface area contributed by atoms with Gasteiger partial charge in [0.15, 0.2) is 21.1 Å². The van der Waals surface area contributed by atoms with Gasteiger partial charge in [-0.15, -0.1) is 0 Å². The number of carbonyl (C=O) groups is 1. The molecule has 1 aromatic carbocycles. The highest BCUT2D eigenvalue weighted by Gasteiger charge is 2.13. The molecule has 0 radical (unpaired) electrons. The summed E-state index contributed by atoms with van der Waals surface area (Å²) in [5.74, 6) is 0.304. The maximum absolute atomic E-state index is 11.3. The van der Waals surface area contributed by atoms with E-state index in [1.54, 1.807) is 0 Å². The number of sulfone groups is 1. The summed E-state index contributed by atoms with van der Waals surface area (Å²) in [7, 11) is -3.42. The molecular weight excluding hydrogens is 312 g/mol. The molecule has 0 unspecified atom stereocenters. The average Bonchev–Trinajstić information content (AvgIpc) is 2.47. The monoisotopic (exact) mass is 322 g/mol. The highest BCUT2D eigenvalue weighted by molar-refractivity contribution is 7.90. The Morgan fingerprint density at radius 1 is 1.27 bits per heavy atom. The van der Waals surface area contributed by atoms with Gasteiger partial charge < -0.3 is 4.74 Å². The van der Waals surface area contributed by atoms with Crippen LogP contribution in [0.1, 0.15) is 10.4 Å². The Hall–Kier alpha value is -2.81. The van der Waals surface area contributed by atoms with E-state index in [1.165, 1.54) is 30.5 Å². The lowest BCUT2D eigenvalue weighted by atomic mass is 10.2. The molecule has 0 bridgehead atoms. The zero-order chi connectivity index (χ0) is 16.3. The fourth-order valence-electron chi connectivity index (χ4n) is 1.61. The largest absolute Gasteiger partial charge is 0.455 e. The minimum absolute atomic E-state index is 0.00129. The Kier molecular flexibility index (Phi) is 4.18. The van der Waals surface area contributed by atoms with E-state index < -0.39 is 14.8 Å². The quantitative estimate of drug-likeness (QED) is 0.469. The molecule has 0 atom stereocenters. The molecule has 2 aromatic rings. The Balaban J connectivity index is 2.31. The van der Waals surface area contributed by atoms with Crippen LogP contribution < -0.4 is 4.74 Å². The molecule has 0 amide bonds. The summed E-state index contributed by atoms with van der Waals surface area (Å²) < 4.78 is 28.0. The van der Waals surface area contributed by atoms with Crippen molar-refractivity contribution in [1.29, 1.82) is 0 Å². The summed E-state index contributed by atoms with van der Waals surface area (Å²) in [5, 5.41) is 10.5. The normalized spacial score (nSPS) is 11.0. The van der Waals surface area contributed by atoms with Gasteiger partial charge >= 0.3 is 0 Å². The van der Waals surface area contributed by atoms with Crippen LogP contribution in [0.5, 0.6) is 11.5 Å². The van der Waals surface area contributed by atoms with Gasteiger partial charge in [-0.2, -0.15) is 0 Å². The molecule has 0 aliphatic rings. The van der Waals surface area contributed by atoms with E-state index in [0.29, 0.717) is 6.29 Å². The summed E-state index contributed by atoms with van der Waals surface area (Å²) in [6.07, 6.45) is 2.64. The lowest BCUT2D eigenvalue weighted by Gasteiger charge is -2.07. The lowest BCUT2D eigenvalue weighted by molar-refractivity contribution is -0.384. The first-order chi connectivity index (χ1) is 10.3. The Labute approximate surface area is 125 Å². The van der Waals surface area contributed by atoms with Gasteiger partial charge in [0.05, 0.1) is 16.7 Å². The molecule has 1 heterocycles. The van der Waals surface area contributed by atoms with Gasteiger partial charge in [0, 0.05) is 18.4 Å². The first-order valence-corrected chi connectivity index (χ1v) is 7.78. The average molecular weight is 322 g/mol. The van der Waals surface area contributed by atoms with E-state index in [0.717, 1.165) is 12.3 Å². The molecule has 114 valence electrons. The van der Waals surface area contributed by atoms with Crippen LogP contribution in [0.25, 0.3) is 0 Å². The Morgan fingerprint density at radius 3 is 2.50 bits per heavy atom. The van der Waals surface area contributed by atoms with Crippen LogP contribution in [-0.4, -0.2) is 30.9 Å². The van der Waals surface area contributed by atoms with Crippen molar-refractivity contribution in [1.82, 2.24) is 4.98 Å². The molecule has 0 fully saturated rings. The van der Waals surface area contributed by atoms with Crippen molar-refractivity contribution >= 4 is 21.8 Å². The number of nitrogens with zero attached hydrogens (tertiary/aromatic N) is 2. The minimum Gasteiger partial charge on any atom is -0.455 e. The lowest BCUT2D eigenvalue weighted by Crippen LogP contribution is -2.00. The number of nitro benzene ring substituents is 1. The van der Waals surface area contributed by atoms with Crippen LogP contribution in [0.2, 0.25) is 0 Å². The molecule has 0 saturated heterocycles. The van der Waals surface area contributed by atoms with E-state index in [2.05, 4.69) is 4.98 Å². The first kappa shape index (κ1) is 15.6. The van der Waals surface area contributed by atoms with Gasteiger partial charge in [0.25, 0.3) is 5.69 Å². The molecule has 2 rings (SSSR count). The van der Waals surface area contributed by atoms with E-state index in [4.69, 9.17) is 4.74 Å². The number of aldehydes is 1. The summed E-state index contributed by atoms with van der Waals surface area (Å²) in [6.45, 7) is 0. The molecule has 8 nitrogen and oxygen atoms in total. The molecule has 22 heavy (non-hydrogen) atoms. The van der Waals surface area contributed by atoms with Crippen molar-refractivity contribution in [3.8, 4) is 11.5 Å². The number of nitro groups is 1. The molecule has 0 N–H and O–H groups in total. The number of ether oxygens (including phenoxy) is 1. The second-order valence-corrected chi connectivity index (χ2v) is 6.27. The number of pyridine rings is 1. The van der Waals surface area contributed by atoms with Crippen LogP contribution in [0.3, 0.4) is 0 Å². The van der Waals surface area contributed by atoms with E-state index >= 15 is 0 Å². The molecule has 1 aromatic heterocycles. The van der Waals surface area contributed by atoms with Gasteiger partial charge in [0.2, 0.25) is 0 Å². The van der Waals surface area contributed by atoms with Crippen molar-refractivity contribution in [3.63, 3.8) is 0 Å². The zero-order valence-corrected chi connectivity index (χ0v) is 12.1. The van der Waals surface area contributed by atoms with Crippen LogP contribution in [0, 0.1) is 10.1 Å². The third kappa shape index (κ3) is 3.44. The number of hydrogen-bond acceptors (Lipinski definition) is 7. The van der Waals surface area contributed by atoms with Crippen molar-refractivity contribution in [2.24, 2.45) is 0 Å². The number of non-ortho nitro benzene ring substituents is 1. The van der Waals surface area contributed by atoms with Gasteiger partial charge in [-0.1, -0.05) is 0 Å². The maximum Gasteiger partial charge on any atom is 0.270 e. The predicted octanol–water partition coefficient (Wildman–Crippen LogP) is 2.00. The van der Waals surface area contributed by atoms with Gasteiger partial charge in [0.1, 0.15) is 11.5 Å². The summed E-state index contributed by atoms with van der Waals surface area (Å²) in [5.41, 5.74) is -0.235. The number of benzene rings is 1. The third-order valence-corrected chi connectivity index (χ3v) is 3.65. The Morgan fingerprint density at radius 2 is 2.00 bits per heavy atom. The summed E-state index contributed by atoms with van der Waals surface area (Å²) >= 11 is 0. The molecule has 0 saturated carbocycles. The highest BCUT2D eigenvalue weighted by Crippen LogP contribution is 2.27. The zero-order valence-electron chi connectivity index (χ0n) is 11.3. The van der Waals surface area contributed by atoms with Crippen LogP contribution in [0.15, 0.2) is 41.6 Å². The van der Waals surface area contributed by atoms with Crippen LogP contribution in [0.4, 0.5) is 5.69 Å². The maximum atomic E-state index is 11.3. The summed E-state index contributed by atoms with van der Waals surface area (Å²) in [6, 6.07) is 6.20. The van der Waals surface area contributed by atoms with Crippen molar-refractivity contribution in [2.45, 2.75) is 5.03 Å². The second-order valence-electron chi connectivity index (χ2n) is 4.30. The van der Waals surface area contributed by atoms with Crippen LogP contribution >= 0.6 is 0 Å². The number of rotatable bonds is 5. The van der Waals surface area contributed by atoms with Gasteiger partial charge in [-0.3, -0.25) is 14.9 Å². The second kappa shape index (κ2) is 5.90. The smallest absolute Gasteiger partial charge is 0.270 e. The molecule has 9 heteroatoms. The minimum atomic E-state index is -3.42. The third-order valence-electron chi connectivity index (χ3n) is 2.65. The van der Waals surface area contributed by atoms with Gasteiger partial charge in [-0.05, 0) is 18.2 Å². The fourth-order valence-corrected chi connectivity index (χ4v) is 2.17. The van der Waals surface area contributed by atoms with Gasteiger partial charge in [-0.25, -0.2) is 13.4 Å². The van der Waals surface area contributed by atoms with E-state index in [-0.39, 0.29) is 27.8 Å². The fraction of sp³-hybridized carbons (Fsp3) is 0.0769. The highest BCUT2D eigenvalue weighted by atomic mass is 32.2. The number of carbonyl (C=O) groups excluding carboxylic acids is 1. The SMILES string of the molecule is CS(=O)(=O)c1ccc(Oc2ccc([N+](=O)[O-])cc2C=O)cn1. The van der Waals surface area contributed by atoms with Crippen molar-refractivity contribution < 1.29 is 22.9 Å². The molecule has 0 aliphatic heterocycles. The first-order valence-electron chi connectivity index (χ1n) is 5.89. The van der Waals surface area contributed by atoms with Crippen molar-refractivity contribution in [2.75, 3.05) is 6.26 Å². The Bertz CT molecular complexity index is 830. The number of hydrogen-bond donors (Lipinski definition) is 0. The topological polar surface area (TPSA) is 116 Å². The molecule has 0 spiro atoms. The van der Waals surface area contributed by atoms with Crippen molar-refractivity contribution in [3.05, 3.63) is 52.2 Å². The number of aromatic nitrogens is 1. The summed E-state index contributed by atoms with van der Waals surface area (Å²) in [4.78, 5) is 24.7. The predicted molar refractivity (Wildman–Crippen MR) is 75.9 cm³/mol. The standard InChI is InChI=1S/C13H10N2O6S/c1-22(19,20)13-5-3-11(7-14-13)21-12-4-2-10(15(17)18)6-9(12)8-16/h2-8H,1H3. The van der Waals surface area contributed by atoms with E-state index in [1.807, 2.05) is 0 Å². The molecular formula is C13H10N2O6S. The molecule has 0 aliphatic carbocycles. The van der Waals surface area contributed by atoms with E-state index in [9.17, 15) is 23.3 Å². The van der Waals surface area contributed by atoms with Crippen LogP contribution in [-0.2, 0) is 9.84 Å².